The Kier molecular flexibility index (Phi) is 5.57. The normalized spacial score (nSPS) is 11.9. The van der Waals surface area contributed by atoms with Crippen molar-refractivity contribution in [1.82, 2.24) is 4.31 Å². The molecule has 0 saturated heterocycles. The number of aliphatic hydroxyl groups excluding tert-OH is 1. The van der Waals surface area contributed by atoms with E-state index in [1.54, 1.807) is 0 Å². The van der Waals surface area contributed by atoms with Crippen molar-refractivity contribution in [2.45, 2.75) is 32.2 Å². The highest BCUT2D eigenvalue weighted by molar-refractivity contribution is 7.89. The lowest BCUT2D eigenvalue weighted by molar-refractivity contribution is 0.251. The molecule has 0 aliphatic rings. The highest BCUT2D eigenvalue weighted by Crippen LogP contribution is 2.26. The minimum absolute atomic E-state index is 0.0734. The fraction of sp³-hybridized carbons (Fsp3) is 0.333. The third kappa shape index (κ3) is 3.99. The van der Waals surface area contributed by atoms with Gasteiger partial charge in [0.25, 0.3) is 0 Å². The molecule has 0 bridgehead atoms. The Hall–Kier alpha value is -1.69. The predicted octanol–water partition coefficient (Wildman–Crippen LogP) is 2.80. The van der Waals surface area contributed by atoms with Crippen LogP contribution in [0.25, 0.3) is 0 Å². The molecule has 124 valence electrons. The fourth-order valence-corrected chi connectivity index (χ4v) is 4.72. The van der Waals surface area contributed by atoms with Crippen molar-refractivity contribution in [1.29, 1.82) is 0 Å². The van der Waals surface area contributed by atoms with Gasteiger partial charge in [-0.15, -0.1) is 0 Å². The first-order valence-electron chi connectivity index (χ1n) is 7.59. The average Bonchev–Trinajstić information content (AvgIpc) is 2.46. The molecule has 0 spiro atoms. The minimum Gasteiger partial charge on any atom is -0.395 e. The predicted molar refractivity (Wildman–Crippen MR) is 91.8 cm³/mol. The minimum atomic E-state index is -3.67. The Morgan fingerprint density at radius 2 is 1.57 bits per heavy atom. The molecule has 0 saturated carbocycles. The first-order valence-corrected chi connectivity index (χ1v) is 9.03. The lowest BCUT2D eigenvalue weighted by atomic mass is 10.1. The average molecular weight is 333 g/mol. The van der Waals surface area contributed by atoms with Crippen molar-refractivity contribution >= 4 is 10.0 Å². The Bertz CT molecular complexity index is 747. The summed E-state index contributed by atoms with van der Waals surface area (Å²) in [6.45, 7) is 5.68. The van der Waals surface area contributed by atoms with Crippen LogP contribution in [0.15, 0.2) is 47.4 Å². The molecule has 5 heteroatoms. The van der Waals surface area contributed by atoms with E-state index in [1.807, 2.05) is 63.2 Å². The highest BCUT2D eigenvalue weighted by atomic mass is 32.2. The van der Waals surface area contributed by atoms with Crippen molar-refractivity contribution in [3.63, 3.8) is 0 Å². The second-order valence-corrected chi connectivity index (χ2v) is 7.65. The Labute approximate surface area is 138 Å². The van der Waals surface area contributed by atoms with Gasteiger partial charge in [0.1, 0.15) is 0 Å². The summed E-state index contributed by atoms with van der Waals surface area (Å²) in [5.74, 6) is 0. The molecule has 2 rings (SSSR count). The van der Waals surface area contributed by atoms with Crippen LogP contribution in [0.5, 0.6) is 0 Å². The van der Waals surface area contributed by atoms with Crippen LogP contribution < -0.4 is 0 Å². The third-order valence-electron chi connectivity index (χ3n) is 3.75. The van der Waals surface area contributed by atoms with Gasteiger partial charge in [-0.3, -0.25) is 0 Å². The van der Waals surface area contributed by atoms with Crippen molar-refractivity contribution in [3.05, 3.63) is 64.7 Å². The monoisotopic (exact) mass is 333 g/mol. The van der Waals surface area contributed by atoms with Gasteiger partial charge >= 0.3 is 0 Å². The molecule has 0 radical (unpaired) electrons. The van der Waals surface area contributed by atoms with E-state index in [9.17, 15) is 13.5 Å². The third-order valence-corrected chi connectivity index (χ3v) is 5.91. The summed E-state index contributed by atoms with van der Waals surface area (Å²) in [5, 5.41) is 9.30. The largest absolute Gasteiger partial charge is 0.395 e. The topological polar surface area (TPSA) is 57.6 Å². The summed E-state index contributed by atoms with van der Waals surface area (Å²) in [6.07, 6.45) is 0. The zero-order valence-electron chi connectivity index (χ0n) is 13.8. The second kappa shape index (κ2) is 7.25. The standard InChI is InChI=1S/C18H23NO3S/c1-14-11-15(2)18(16(3)12-14)23(21,22)19(9-10-20)13-17-7-5-4-6-8-17/h4-8,11-12,20H,9-10,13H2,1-3H3. The SMILES string of the molecule is Cc1cc(C)c(S(=O)(=O)N(CCO)Cc2ccccc2)c(C)c1. The quantitative estimate of drug-likeness (QED) is 0.884. The Morgan fingerprint density at radius 3 is 2.09 bits per heavy atom. The number of hydrogen-bond acceptors (Lipinski definition) is 3. The molecule has 2 aromatic carbocycles. The smallest absolute Gasteiger partial charge is 0.243 e. The maximum Gasteiger partial charge on any atom is 0.243 e. The molecular weight excluding hydrogens is 310 g/mol. The summed E-state index contributed by atoms with van der Waals surface area (Å²) >= 11 is 0. The Morgan fingerprint density at radius 1 is 1.00 bits per heavy atom. The second-order valence-electron chi connectivity index (χ2n) is 5.78. The maximum absolute atomic E-state index is 13.1. The molecule has 0 aromatic heterocycles. The molecule has 2 aromatic rings. The summed E-state index contributed by atoms with van der Waals surface area (Å²) in [6, 6.07) is 13.2. The van der Waals surface area contributed by atoms with Gasteiger partial charge in [-0.2, -0.15) is 4.31 Å². The molecule has 4 nitrogen and oxygen atoms in total. The molecule has 0 atom stereocenters. The highest BCUT2D eigenvalue weighted by Gasteiger charge is 2.27. The molecule has 0 fully saturated rings. The van der Waals surface area contributed by atoms with Crippen LogP contribution in [0.2, 0.25) is 0 Å². The van der Waals surface area contributed by atoms with Crippen molar-refractivity contribution in [2.24, 2.45) is 0 Å². The van der Waals surface area contributed by atoms with E-state index in [1.165, 1.54) is 4.31 Å². The van der Waals surface area contributed by atoms with Crippen LogP contribution in [0.1, 0.15) is 22.3 Å². The van der Waals surface area contributed by atoms with E-state index in [4.69, 9.17) is 0 Å². The van der Waals surface area contributed by atoms with Crippen LogP contribution >= 0.6 is 0 Å². The number of nitrogens with zero attached hydrogens (tertiary/aromatic N) is 1. The molecule has 1 N–H and O–H groups in total. The van der Waals surface area contributed by atoms with Gasteiger partial charge in [-0.05, 0) is 37.5 Å². The zero-order chi connectivity index (χ0) is 17.0. The lowest BCUT2D eigenvalue weighted by Gasteiger charge is -2.24. The number of aryl methyl sites for hydroxylation is 3. The molecule has 0 heterocycles. The number of benzene rings is 2. The van der Waals surface area contributed by atoms with Crippen molar-refractivity contribution in [2.75, 3.05) is 13.2 Å². The van der Waals surface area contributed by atoms with Gasteiger partial charge < -0.3 is 5.11 Å². The van der Waals surface area contributed by atoms with Crippen LogP contribution in [0, 0.1) is 20.8 Å². The fourth-order valence-electron chi connectivity index (χ4n) is 2.89. The van der Waals surface area contributed by atoms with Crippen molar-refractivity contribution in [3.8, 4) is 0 Å². The van der Waals surface area contributed by atoms with Gasteiger partial charge in [0.15, 0.2) is 0 Å². The van der Waals surface area contributed by atoms with E-state index < -0.39 is 10.0 Å². The molecule has 0 unspecified atom stereocenters. The summed E-state index contributed by atoms with van der Waals surface area (Å²) in [4.78, 5) is 0.340. The molecule has 0 aliphatic heterocycles. The number of rotatable bonds is 6. The van der Waals surface area contributed by atoms with Crippen LogP contribution in [-0.2, 0) is 16.6 Å². The zero-order valence-corrected chi connectivity index (χ0v) is 14.6. The lowest BCUT2D eigenvalue weighted by Crippen LogP contribution is -2.34. The summed E-state index contributed by atoms with van der Waals surface area (Å²) < 4.78 is 27.5. The first-order chi connectivity index (χ1) is 10.9. The van der Waals surface area contributed by atoms with Crippen LogP contribution in [0.3, 0.4) is 0 Å². The van der Waals surface area contributed by atoms with Gasteiger partial charge in [0, 0.05) is 13.1 Å². The number of sulfonamides is 1. The summed E-state index contributed by atoms with van der Waals surface area (Å²) in [5.41, 5.74) is 3.40. The van der Waals surface area contributed by atoms with E-state index in [0.717, 1.165) is 22.3 Å². The van der Waals surface area contributed by atoms with Crippen molar-refractivity contribution < 1.29 is 13.5 Å². The molecule has 0 aliphatic carbocycles. The summed E-state index contributed by atoms with van der Waals surface area (Å²) in [7, 11) is -3.67. The molecule has 23 heavy (non-hydrogen) atoms. The van der Waals surface area contributed by atoms with Gasteiger partial charge in [0.2, 0.25) is 10.0 Å². The van der Waals surface area contributed by atoms with Gasteiger partial charge in [0.05, 0.1) is 11.5 Å². The molecular formula is C18H23NO3S. The first kappa shape index (κ1) is 17.7. The number of aliphatic hydroxyl groups is 1. The molecule has 0 amide bonds. The van der Waals surface area contributed by atoms with Gasteiger partial charge in [-0.1, -0.05) is 48.0 Å². The number of hydrogen-bond donors (Lipinski definition) is 1. The van der Waals surface area contributed by atoms with Crippen LogP contribution in [-0.4, -0.2) is 31.0 Å². The van der Waals surface area contributed by atoms with E-state index in [-0.39, 0.29) is 19.7 Å². The van der Waals surface area contributed by atoms with Crippen LogP contribution in [0.4, 0.5) is 0 Å². The van der Waals surface area contributed by atoms with E-state index >= 15 is 0 Å². The maximum atomic E-state index is 13.1. The van der Waals surface area contributed by atoms with E-state index in [0.29, 0.717) is 4.90 Å². The Balaban J connectivity index is 2.45. The van der Waals surface area contributed by atoms with Gasteiger partial charge in [-0.25, -0.2) is 8.42 Å². The van der Waals surface area contributed by atoms with E-state index in [2.05, 4.69) is 0 Å².